The van der Waals surface area contributed by atoms with Crippen LogP contribution in [-0.2, 0) is 10.3 Å². The number of hydrogen-bond acceptors (Lipinski definition) is 4. The number of rotatable bonds is 4. The molecule has 28 heavy (non-hydrogen) atoms. The Hall–Kier alpha value is -2.34. The van der Waals surface area contributed by atoms with Gasteiger partial charge in [-0.3, -0.25) is 9.59 Å². The molecule has 6 nitrogen and oxygen atoms in total. The van der Waals surface area contributed by atoms with Crippen LogP contribution in [0.1, 0.15) is 32.1 Å². The summed E-state index contributed by atoms with van der Waals surface area (Å²) >= 11 is 6.43. The topological polar surface area (TPSA) is 84.2 Å². The Balaban J connectivity index is 1.58. The first-order chi connectivity index (χ1) is 13.5. The Bertz CT molecular complexity index is 976. The first-order valence-electron chi connectivity index (χ1n) is 9.81. The summed E-state index contributed by atoms with van der Waals surface area (Å²) in [7, 11) is 0. The van der Waals surface area contributed by atoms with Crippen molar-refractivity contribution >= 4 is 28.9 Å². The number of aliphatic carboxylic acids is 1. The van der Waals surface area contributed by atoms with E-state index in [1.165, 1.54) is 4.68 Å². The molecule has 0 spiro atoms. The molecule has 0 radical (unpaired) electrons. The van der Waals surface area contributed by atoms with Gasteiger partial charge in [0.15, 0.2) is 0 Å². The minimum atomic E-state index is -0.819. The number of nitrogens with one attached hydrogen (secondary N) is 1. The molecule has 0 aliphatic heterocycles. The summed E-state index contributed by atoms with van der Waals surface area (Å²) in [6.07, 6.45) is 5.99. The van der Waals surface area contributed by atoms with Crippen LogP contribution in [0.3, 0.4) is 0 Å². The van der Waals surface area contributed by atoms with E-state index in [-0.39, 0.29) is 10.9 Å². The molecule has 4 aliphatic rings. The SMILES string of the molecule is O=C(O)[C@H]1C2C[C@H]3C[C@H](C2)CC1(n1ncc(Nc2ccccc2)c(Cl)c1=O)C3. The van der Waals surface area contributed by atoms with Crippen LogP contribution < -0.4 is 10.9 Å². The summed E-state index contributed by atoms with van der Waals surface area (Å²) in [5.41, 5.74) is 0.0788. The Kier molecular flexibility index (Phi) is 4.02. The number of carboxylic acid groups (broad SMARTS) is 1. The third-order valence-electron chi connectivity index (χ3n) is 6.93. The Labute approximate surface area is 167 Å². The molecule has 0 unspecified atom stereocenters. The standard InChI is InChI=1S/C21H22ClN3O3/c22-18-16(24-15-4-2-1-3-5-15)11-23-25(19(18)26)21-9-12-6-13(10-21)8-14(7-12)17(21)20(27)28/h1-5,11-14,17,24H,6-10H2,(H,27,28)/t12-,13-,14?,17-,21?/m1/s1. The monoisotopic (exact) mass is 399 g/mol. The van der Waals surface area contributed by atoms with Crippen LogP contribution in [0.15, 0.2) is 41.3 Å². The van der Waals surface area contributed by atoms with Crippen molar-refractivity contribution in [3.05, 3.63) is 51.9 Å². The van der Waals surface area contributed by atoms with E-state index in [1.807, 2.05) is 30.3 Å². The Morgan fingerprint density at radius 1 is 1.18 bits per heavy atom. The molecule has 146 valence electrons. The summed E-state index contributed by atoms with van der Waals surface area (Å²) < 4.78 is 1.41. The van der Waals surface area contributed by atoms with Gasteiger partial charge < -0.3 is 10.4 Å². The average Bonchev–Trinajstić information content (AvgIpc) is 2.65. The molecule has 7 heteroatoms. The predicted octanol–water partition coefficient (Wildman–Crippen LogP) is 3.88. The van der Waals surface area contributed by atoms with Crippen LogP contribution in [0.5, 0.6) is 0 Å². The molecular formula is C21H22ClN3O3. The van der Waals surface area contributed by atoms with Crippen molar-refractivity contribution in [1.29, 1.82) is 0 Å². The summed E-state index contributed by atoms with van der Waals surface area (Å²) in [6, 6.07) is 9.43. The van der Waals surface area contributed by atoms with E-state index in [1.54, 1.807) is 6.20 Å². The number of para-hydroxylation sites is 1. The fourth-order valence-electron chi connectivity index (χ4n) is 6.25. The highest BCUT2D eigenvalue weighted by Crippen LogP contribution is 2.61. The van der Waals surface area contributed by atoms with Crippen molar-refractivity contribution in [2.45, 2.75) is 37.6 Å². The van der Waals surface area contributed by atoms with Crippen LogP contribution >= 0.6 is 11.6 Å². The second kappa shape index (κ2) is 6.34. The zero-order valence-electron chi connectivity index (χ0n) is 15.3. The van der Waals surface area contributed by atoms with Gasteiger partial charge in [-0.25, -0.2) is 4.68 Å². The summed E-state index contributed by atoms with van der Waals surface area (Å²) in [5.74, 6) is -0.321. The quantitative estimate of drug-likeness (QED) is 0.815. The van der Waals surface area contributed by atoms with Gasteiger partial charge >= 0.3 is 5.97 Å². The van der Waals surface area contributed by atoms with Crippen molar-refractivity contribution in [3.8, 4) is 0 Å². The summed E-state index contributed by atoms with van der Waals surface area (Å²) in [6.45, 7) is 0. The number of halogens is 1. The molecule has 2 aromatic rings. The smallest absolute Gasteiger partial charge is 0.309 e. The van der Waals surface area contributed by atoms with Crippen molar-refractivity contribution in [1.82, 2.24) is 9.78 Å². The van der Waals surface area contributed by atoms with Crippen molar-refractivity contribution in [2.24, 2.45) is 23.7 Å². The number of nitrogens with zero attached hydrogens (tertiary/aromatic N) is 2. The molecule has 4 fully saturated rings. The third kappa shape index (κ3) is 2.58. The van der Waals surface area contributed by atoms with Gasteiger partial charge in [-0.2, -0.15) is 5.10 Å². The highest BCUT2D eigenvalue weighted by atomic mass is 35.5. The molecule has 1 aromatic heterocycles. The fraction of sp³-hybridized carbons (Fsp3) is 0.476. The number of benzene rings is 1. The maximum Gasteiger partial charge on any atom is 0.309 e. The highest BCUT2D eigenvalue weighted by molar-refractivity contribution is 6.33. The first kappa shape index (κ1) is 17.7. The number of carboxylic acids is 1. The van der Waals surface area contributed by atoms with Gasteiger partial charge in [0.05, 0.1) is 23.3 Å². The van der Waals surface area contributed by atoms with Crippen LogP contribution in [0.2, 0.25) is 5.02 Å². The fourth-order valence-corrected chi connectivity index (χ4v) is 6.42. The molecule has 3 atom stereocenters. The minimum Gasteiger partial charge on any atom is -0.481 e. The van der Waals surface area contributed by atoms with Crippen molar-refractivity contribution < 1.29 is 9.90 Å². The molecule has 0 saturated heterocycles. The number of hydrogen-bond donors (Lipinski definition) is 2. The van der Waals surface area contributed by atoms with E-state index in [9.17, 15) is 14.7 Å². The number of anilines is 2. The van der Waals surface area contributed by atoms with E-state index < -0.39 is 23.0 Å². The van der Waals surface area contributed by atoms with E-state index in [0.717, 1.165) is 24.9 Å². The van der Waals surface area contributed by atoms with E-state index in [4.69, 9.17) is 11.6 Å². The predicted molar refractivity (Wildman–Crippen MR) is 106 cm³/mol. The average molecular weight is 400 g/mol. The van der Waals surface area contributed by atoms with E-state index in [0.29, 0.717) is 30.4 Å². The lowest BCUT2D eigenvalue weighted by molar-refractivity contribution is -0.168. The van der Waals surface area contributed by atoms with Gasteiger partial charge in [-0.1, -0.05) is 29.8 Å². The molecule has 0 amide bonds. The van der Waals surface area contributed by atoms with E-state index in [2.05, 4.69) is 10.4 Å². The van der Waals surface area contributed by atoms with Gasteiger partial charge in [0.25, 0.3) is 5.56 Å². The lowest BCUT2D eigenvalue weighted by Crippen LogP contribution is -2.63. The largest absolute Gasteiger partial charge is 0.481 e. The second-order valence-electron chi connectivity index (χ2n) is 8.61. The van der Waals surface area contributed by atoms with Crippen LogP contribution in [0.25, 0.3) is 0 Å². The Morgan fingerprint density at radius 2 is 1.86 bits per heavy atom. The van der Waals surface area contributed by atoms with Gasteiger partial charge in [-0.15, -0.1) is 0 Å². The Morgan fingerprint density at radius 3 is 2.50 bits per heavy atom. The van der Waals surface area contributed by atoms with E-state index >= 15 is 0 Å². The third-order valence-corrected chi connectivity index (χ3v) is 7.30. The molecule has 4 saturated carbocycles. The molecule has 4 bridgehead atoms. The second-order valence-corrected chi connectivity index (χ2v) is 8.99. The summed E-state index contributed by atoms with van der Waals surface area (Å²) in [5, 5.41) is 17.6. The molecule has 4 aliphatic carbocycles. The van der Waals surface area contributed by atoms with Gasteiger partial charge in [0.1, 0.15) is 5.02 Å². The normalized spacial score (nSPS) is 33.0. The first-order valence-corrected chi connectivity index (χ1v) is 10.2. The van der Waals surface area contributed by atoms with Crippen LogP contribution in [0.4, 0.5) is 11.4 Å². The van der Waals surface area contributed by atoms with Gasteiger partial charge in [0, 0.05) is 5.69 Å². The van der Waals surface area contributed by atoms with Crippen LogP contribution in [-0.4, -0.2) is 20.9 Å². The van der Waals surface area contributed by atoms with Crippen molar-refractivity contribution in [3.63, 3.8) is 0 Å². The maximum atomic E-state index is 13.2. The maximum absolute atomic E-state index is 13.2. The molecule has 1 heterocycles. The lowest BCUT2D eigenvalue weighted by atomic mass is 9.48. The lowest BCUT2D eigenvalue weighted by Gasteiger charge is -2.59. The highest BCUT2D eigenvalue weighted by Gasteiger charge is 2.61. The van der Waals surface area contributed by atoms with Crippen molar-refractivity contribution in [2.75, 3.05) is 5.32 Å². The molecule has 1 aromatic carbocycles. The van der Waals surface area contributed by atoms with Gasteiger partial charge in [0.2, 0.25) is 0 Å². The van der Waals surface area contributed by atoms with Crippen LogP contribution in [0, 0.1) is 23.7 Å². The molecule has 2 N–H and O–H groups in total. The number of aromatic nitrogens is 2. The molecular weight excluding hydrogens is 378 g/mol. The summed E-state index contributed by atoms with van der Waals surface area (Å²) in [4.78, 5) is 25.4. The number of carbonyl (C=O) groups is 1. The zero-order chi connectivity index (χ0) is 19.5. The molecule has 6 rings (SSSR count). The van der Waals surface area contributed by atoms with Gasteiger partial charge in [-0.05, 0) is 62.0 Å². The minimum absolute atomic E-state index is 0.0544. The zero-order valence-corrected chi connectivity index (χ0v) is 16.1.